The van der Waals surface area contributed by atoms with Gasteiger partial charge in [0, 0.05) is 6.42 Å². The molecule has 1 aromatic rings. The van der Waals surface area contributed by atoms with E-state index in [-0.39, 0.29) is 11.4 Å². The van der Waals surface area contributed by atoms with Crippen LogP contribution < -0.4 is 0 Å². The molecule has 136 valence electrons. The van der Waals surface area contributed by atoms with E-state index in [0.717, 1.165) is 43.2 Å². The van der Waals surface area contributed by atoms with Crippen molar-refractivity contribution >= 4 is 5.97 Å². The van der Waals surface area contributed by atoms with Crippen molar-refractivity contribution in [1.82, 2.24) is 0 Å². The lowest BCUT2D eigenvalue weighted by molar-refractivity contribution is -0.164. The molecule has 0 aromatic heterocycles. The Morgan fingerprint density at radius 2 is 1.79 bits per heavy atom. The van der Waals surface area contributed by atoms with Gasteiger partial charge >= 0.3 is 5.97 Å². The SMILES string of the molecule is Cc1cc(CCCCCCC(=O)OC(C)O)cc(C(C)(C)C)c1O. The zero-order chi connectivity index (χ0) is 18.3. The van der Waals surface area contributed by atoms with Gasteiger partial charge in [-0.2, -0.15) is 0 Å². The molecule has 1 aromatic carbocycles. The zero-order valence-corrected chi connectivity index (χ0v) is 15.7. The number of phenolic OH excluding ortho intramolecular Hbond substituents is 1. The molecule has 24 heavy (non-hydrogen) atoms. The standard InChI is InChI=1S/C20H32O4/c1-14-12-16(13-17(19(14)23)20(3,4)5)10-8-6-7-9-11-18(22)24-15(2)21/h12-13,15,21,23H,6-11H2,1-5H3. The minimum Gasteiger partial charge on any atom is -0.507 e. The van der Waals surface area contributed by atoms with Crippen LogP contribution in [-0.4, -0.2) is 22.5 Å². The van der Waals surface area contributed by atoms with Gasteiger partial charge in [0.1, 0.15) is 5.75 Å². The molecule has 0 aliphatic rings. The minimum atomic E-state index is -1.02. The van der Waals surface area contributed by atoms with E-state index in [1.165, 1.54) is 12.5 Å². The molecule has 0 aliphatic heterocycles. The highest BCUT2D eigenvalue weighted by Crippen LogP contribution is 2.34. The van der Waals surface area contributed by atoms with Crippen LogP contribution >= 0.6 is 0 Å². The fourth-order valence-corrected chi connectivity index (χ4v) is 2.77. The minimum absolute atomic E-state index is 0.0743. The van der Waals surface area contributed by atoms with Crippen molar-refractivity contribution < 1.29 is 19.7 Å². The van der Waals surface area contributed by atoms with Crippen LogP contribution in [-0.2, 0) is 21.4 Å². The average molecular weight is 336 g/mol. The van der Waals surface area contributed by atoms with Crippen molar-refractivity contribution in [2.75, 3.05) is 0 Å². The van der Waals surface area contributed by atoms with E-state index < -0.39 is 6.29 Å². The first-order valence-electron chi connectivity index (χ1n) is 8.81. The fraction of sp³-hybridized carbons (Fsp3) is 0.650. The summed E-state index contributed by atoms with van der Waals surface area (Å²) < 4.78 is 4.69. The third-order valence-electron chi connectivity index (χ3n) is 4.07. The summed E-state index contributed by atoms with van der Waals surface area (Å²) in [6, 6.07) is 4.17. The largest absolute Gasteiger partial charge is 0.507 e. The van der Waals surface area contributed by atoms with Crippen LogP contribution in [0, 0.1) is 6.92 Å². The normalized spacial score (nSPS) is 12.9. The quantitative estimate of drug-likeness (QED) is 0.420. The van der Waals surface area contributed by atoms with Gasteiger partial charge in [-0.1, -0.05) is 45.7 Å². The number of carbonyl (C=O) groups is 1. The first kappa shape index (κ1) is 20.5. The molecule has 4 nitrogen and oxygen atoms in total. The summed E-state index contributed by atoms with van der Waals surface area (Å²) in [6.07, 6.45) is 4.17. The van der Waals surface area contributed by atoms with E-state index in [4.69, 9.17) is 5.11 Å². The highest BCUT2D eigenvalue weighted by molar-refractivity contribution is 5.69. The fourth-order valence-electron chi connectivity index (χ4n) is 2.77. The van der Waals surface area contributed by atoms with Gasteiger partial charge in [0.05, 0.1) is 0 Å². The van der Waals surface area contributed by atoms with Crippen LogP contribution in [0.25, 0.3) is 0 Å². The lowest BCUT2D eigenvalue weighted by Gasteiger charge is -2.22. The van der Waals surface area contributed by atoms with Gasteiger partial charge in [-0.15, -0.1) is 0 Å². The number of hydrogen-bond acceptors (Lipinski definition) is 4. The number of aliphatic hydroxyl groups is 1. The van der Waals surface area contributed by atoms with Gasteiger partial charge in [-0.05, 0) is 55.2 Å². The molecule has 2 N–H and O–H groups in total. The number of aromatic hydroxyl groups is 1. The molecule has 1 rings (SSSR count). The summed E-state index contributed by atoms with van der Waals surface area (Å²) >= 11 is 0. The van der Waals surface area contributed by atoms with Gasteiger partial charge in [0.15, 0.2) is 6.29 Å². The number of benzene rings is 1. The Bertz CT molecular complexity index is 541. The highest BCUT2D eigenvalue weighted by atomic mass is 16.6. The van der Waals surface area contributed by atoms with E-state index >= 15 is 0 Å². The molecule has 0 heterocycles. The summed E-state index contributed by atoms with van der Waals surface area (Å²) in [6.45, 7) is 9.71. The number of hydrogen-bond donors (Lipinski definition) is 2. The summed E-state index contributed by atoms with van der Waals surface area (Å²) in [5, 5.41) is 19.2. The van der Waals surface area contributed by atoms with Crippen LogP contribution in [0.1, 0.15) is 76.5 Å². The molecule has 0 saturated heterocycles. The van der Waals surface area contributed by atoms with Crippen molar-refractivity contribution in [1.29, 1.82) is 0 Å². The van der Waals surface area contributed by atoms with Crippen LogP contribution in [0.5, 0.6) is 5.75 Å². The maximum absolute atomic E-state index is 11.3. The number of esters is 1. The molecule has 0 spiro atoms. The molecule has 0 radical (unpaired) electrons. The lowest BCUT2D eigenvalue weighted by atomic mass is 9.83. The maximum atomic E-state index is 11.3. The van der Waals surface area contributed by atoms with E-state index in [2.05, 4.69) is 37.6 Å². The van der Waals surface area contributed by atoms with Crippen LogP contribution in [0.15, 0.2) is 12.1 Å². The summed E-state index contributed by atoms with van der Waals surface area (Å²) in [4.78, 5) is 11.3. The molecular formula is C20H32O4. The van der Waals surface area contributed by atoms with Gasteiger partial charge < -0.3 is 14.9 Å². The average Bonchev–Trinajstić information content (AvgIpc) is 2.44. The summed E-state index contributed by atoms with van der Waals surface area (Å²) in [7, 11) is 0. The Morgan fingerprint density at radius 3 is 2.38 bits per heavy atom. The van der Waals surface area contributed by atoms with Gasteiger partial charge in [0.25, 0.3) is 0 Å². The second-order valence-corrected chi connectivity index (χ2v) is 7.56. The molecule has 4 heteroatoms. The summed E-state index contributed by atoms with van der Waals surface area (Å²) in [5.41, 5.74) is 3.11. The molecule has 0 bridgehead atoms. The number of aliphatic hydroxyl groups excluding tert-OH is 1. The van der Waals surface area contributed by atoms with Crippen molar-refractivity contribution in [3.63, 3.8) is 0 Å². The number of aryl methyl sites for hydroxylation is 2. The molecule has 1 atom stereocenters. The number of phenols is 1. The van der Waals surface area contributed by atoms with E-state index in [9.17, 15) is 9.90 Å². The number of carbonyl (C=O) groups excluding carboxylic acids is 1. The van der Waals surface area contributed by atoms with E-state index in [1.54, 1.807) is 0 Å². The Labute approximate surface area is 145 Å². The van der Waals surface area contributed by atoms with Gasteiger partial charge in [0.2, 0.25) is 0 Å². The monoisotopic (exact) mass is 336 g/mol. The molecule has 0 fully saturated rings. The van der Waals surface area contributed by atoms with Crippen LogP contribution in [0.2, 0.25) is 0 Å². The lowest BCUT2D eigenvalue weighted by Crippen LogP contribution is -2.13. The summed E-state index contributed by atoms with van der Waals surface area (Å²) in [5.74, 6) is 0.0665. The third-order valence-corrected chi connectivity index (χ3v) is 4.07. The van der Waals surface area contributed by atoms with Crippen molar-refractivity contribution in [2.45, 2.75) is 84.8 Å². The Balaban J connectivity index is 2.41. The van der Waals surface area contributed by atoms with Gasteiger partial charge in [-0.25, -0.2) is 0 Å². The molecule has 0 saturated carbocycles. The first-order valence-corrected chi connectivity index (χ1v) is 8.81. The van der Waals surface area contributed by atoms with Crippen molar-refractivity contribution in [3.05, 3.63) is 28.8 Å². The smallest absolute Gasteiger partial charge is 0.308 e. The van der Waals surface area contributed by atoms with Crippen LogP contribution in [0.4, 0.5) is 0 Å². The van der Waals surface area contributed by atoms with Gasteiger partial charge in [-0.3, -0.25) is 4.79 Å². The maximum Gasteiger partial charge on any atom is 0.308 e. The topological polar surface area (TPSA) is 66.8 Å². The number of rotatable bonds is 8. The Kier molecular flexibility index (Phi) is 7.74. The Morgan fingerprint density at radius 1 is 1.17 bits per heavy atom. The third kappa shape index (κ3) is 6.91. The molecular weight excluding hydrogens is 304 g/mol. The number of unbranched alkanes of at least 4 members (excludes halogenated alkanes) is 3. The second-order valence-electron chi connectivity index (χ2n) is 7.56. The predicted molar refractivity (Wildman–Crippen MR) is 96.1 cm³/mol. The van der Waals surface area contributed by atoms with E-state index in [1.807, 2.05) is 6.92 Å². The molecule has 1 unspecified atom stereocenters. The van der Waals surface area contributed by atoms with Crippen molar-refractivity contribution in [2.24, 2.45) is 0 Å². The molecule has 0 amide bonds. The first-order chi connectivity index (χ1) is 11.1. The Hall–Kier alpha value is -1.55. The second kappa shape index (κ2) is 9.07. The van der Waals surface area contributed by atoms with Crippen LogP contribution in [0.3, 0.4) is 0 Å². The molecule has 0 aliphatic carbocycles. The highest BCUT2D eigenvalue weighted by Gasteiger charge is 2.20. The predicted octanol–water partition coefficient (Wildman–Crippen LogP) is 4.37. The zero-order valence-electron chi connectivity index (χ0n) is 15.7. The van der Waals surface area contributed by atoms with Crippen molar-refractivity contribution in [3.8, 4) is 5.75 Å². The number of ether oxygens (including phenoxy) is 1. The van der Waals surface area contributed by atoms with E-state index in [0.29, 0.717) is 12.2 Å².